The third-order valence-corrected chi connectivity index (χ3v) is 5.87. The molecule has 162 valence electrons. The second-order valence-corrected chi connectivity index (χ2v) is 7.98. The summed E-state index contributed by atoms with van der Waals surface area (Å²) in [6.45, 7) is 0.337. The van der Waals surface area contributed by atoms with Crippen LogP contribution in [0.2, 0.25) is 0 Å². The van der Waals surface area contributed by atoms with Gasteiger partial charge in [-0.2, -0.15) is 0 Å². The van der Waals surface area contributed by atoms with Crippen LogP contribution in [0.1, 0.15) is 30.1 Å². The number of hydrogen-bond donors (Lipinski definition) is 3. The number of amides is 3. The number of carbonyl (C=O) groups excluding carboxylic acids is 3. The minimum absolute atomic E-state index is 0.178. The van der Waals surface area contributed by atoms with E-state index in [4.69, 9.17) is 0 Å². The number of piperidine rings is 1. The van der Waals surface area contributed by atoms with Crippen molar-refractivity contribution in [2.45, 2.75) is 43.5 Å². The summed E-state index contributed by atoms with van der Waals surface area (Å²) in [6, 6.07) is 12.8. The fourth-order valence-electron chi connectivity index (χ4n) is 4.20. The summed E-state index contributed by atoms with van der Waals surface area (Å²) in [5.74, 6) is -1.33. The molecule has 0 radical (unpaired) electrons. The van der Waals surface area contributed by atoms with Crippen molar-refractivity contribution in [1.82, 2.24) is 15.5 Å². The van der Waals surface area contributed by atoms with Crippen molar-refractivity contribution in [2.24, 2.45) is 0 Å². The Bertz CT molecular complexity index is 967. The summed E-state index contributed by atoms with van der Waals surface area (Å²) in [5, 5.41) is 15.8. The lowest BCUT2D eigenvalue weighted by Gasteiger charge is -2.44. The van der Waals surface area contributed by atoms with Gasteiger partial charge in [0, 0.05) is 19.0 Å². The molecule has 3 amide bonds. The zero-order valence-corrected chi connectivity index (χ0v) is 16.8. The normalized spacial score (nSPS) is 24.2. The molecule has 31 heavy (non-hydrogen) atoms. The number of piperazine rings is 1. The first-order chi connectivity index (χ1) is 14.9. The Kier molecular flexibility index (Phi) is 5.99. The molecule has 0 bridgehead atoms. The Balaban J connectivity index is 1.37. The van der Waals surface area contributed by atoms with E-state index in [1.165, 1.54) is 12.1 Å². The van der Waals surface area contributed by atoms with E-state index < -0.39 is 24.1 Å². The molecule has 4 unspecified atom stereocenters. The molecule has 0 aliphatic carbocycles. The molecule has 2 fully saturated rings. The number of hydrogen-bond acceptors (Lipinski definition) is 4. The van der Waals surface area contributed by atoms with Gasteiger partial charge in [-0.3, -0.25) is 14.4 Å². The molecule has 4 atom stereocenters. The van der Waals surface area contributed by atoms with Gasteiger partial charge in [0.05, 0.1) is 0 Å². The SMILES string of the molecule is O=C(NC1CCN2C(=O)C(Cc3ccc(F)cc3)NC(=O)C2C1)C(O)c1ccccc1. The van der Waals surface area contributed by atoms with E-state index in [0.717, 1.165) is 5.56 Å². The third kappa shape index (κ3) is 4.59. The van der Waals surface area contributed by atoms with Gasteiger partial charge in [-0.05, 0) is 36.1 Å². The van der Waals surface area contributed by atoms with Crippen molar-refractivity contribution in [3.8, 4) is 0 Å². The lowest BCUT2D eigenvalue weighted by Crippen LogP contribution is -2.67. The second-order valence-electron chi connectivity index (χ2n) is 7.98. The summed E-state index contributed by atoms with van der Waals surface area (Å²) in [7, 11) is 0. The first kappa shape index (κ1) is 21.0. The van der Waals surface area contributed by atoms with Crippen molar-refractivity contribution >= 4 is 17.7 Å². The predicted octanol–water partition coefficient (Wildman–Crippen LogP) is 1.08. The molecular formula is C23H24FN3O4. The smallest absolute Gasteiger partial charge is 0.253 e. The van der Waals surface area contributed by atoms with Crippen molar-refractivity contribution in [3.05, 3.63) is 71.5 Å². The first-order valence-electron chi connectivity index (χ1n) is 10.3. The lowest BCUT2D eigenvalue weighted by molar-refractivity contribution is -0.152. The van der Waals surface area contributed by atoms with E-state index in [1.807, 2.05) is 0 Å². The van der Waals surface area contributed by atoms with E-state index in [0.29, 0.717) is 18.5 Å². The first-order valence-corrected chi connectivity index (χ1v) is 10.3. The number of fused-ring (bicyclic) bond motifs is 1. The van der Waals surface area contributed by atoms with Crippen LogP contribution in [-0.4, -0.2) is 52.4 Å². The summed E-state index contributed by atoms with van der Waals surface area (Å²) in [5.41, 5.74) is 1.25. The second kappa shape index (κ2) is 8.85. The maximum absolute atomic E-state index is 13.1. The number of aliphatic hydroxyl groups excluding tert-OH is 1. The molecule has 2 aromatic rings. The molecule has 2 aliphatic rings. The van der Waals surface area contributed by atoms with Gasteiger partial charge < -0.3 is 20.6 Å². The van der Waals surface area contributed by atoms with Gasteiger partial charge in [0.1, 0.15) is 17.9 Å². The standard InChI is InChI=1S/C23H24FN3O4/c24-16-8-6-14(7-9-16)12-18-23(31)27-11-10-17(13-19(27)21(29)26-18)25-22(30)20(28)15-4-2-1-3-5-15/h1-9,17-20,28H,10-13H2,(H,25,30)(H,26,29). The lowest BCUT2D eigenvalue weighted by atomic mass is 9.91. The largest absolute Gasteiger partial charge is 0.378 e. The fourth-order valence-corrected chi connectivity index (χ4v) is 4.20. The Morgan fingerprint density at radius 2 is 1.87 bits per heavy atom. The van der Waals surface area contributed by atoms with E-state index in [-0.39, 0.29) is 36.5 Å². The van der Waals surface area contributed by atoms with E-state index in [9.17, 15) is 23.9 Å². The van der Waals surface area contributed by atoms with E-state index in [1.54, 1.807) is 47.4 Å². The highest BCUT2D eigenvalue weighted by Gasteiger charge is 2.44. The van der Waals surface area contributed by atoms with Crippen LogP contribution in [0.15, 0.2) is 54.6 Å². The maximum atomic E-state index is 13.1. The van der Waals surface area contributed by atoms with Crippen molar-refractivity contribution in [3.63, 3.8) is 0 Å². The summed E-state index contributed by atoms with van der Waals surface area (Å²) in [4.78, 5) is 39.6. The minimum atomic E-state index is -1.29. The molecule has 8 heteroatoms. The van der Waals surface area contributed by atoms with Crippen LogP contribution in [0.4, 0.5) is 4.39 Å². The Labute approximate surface area is 179 Å². The minimum Gasteiger partial charge on any atom is -0.378 e. The molecular weight excluding hydrogens is 401 g/mol. The summed E-state index contributed by atoms with van der Waals surface area (Å²) >= 11 is 0. The molecule has 2 heterocycles. The molecule has 0 saturated carbocycles. The Morgan fingerprint density at radius 1 is 1.16 bits per heavy atom. The van der Waals surface area contributed by atoms with Gasteiger partial charge in [0.15, 0.2) is 6.10 Å². The molecule has 0 aromatic heterocycles. The van der Waals surface area contributed by atoms with E-state index >= 15 is 0 Å². The van der Waals surface area contributed by atoms with Crippen molar-refractivity contribution in [2.75, 3.05) is 6.54 Å². The van der Waals surface area contributed by atoms with Gasteiger partial charge in [-0.15, -0.1) is 0 Å². The average molecular weight is 425 g/mol. The molecule has 2 saturated heterocycles. The molecule has 3 N–H and O–H groups in total. The number of aliphatic hydroxyl groups is 1. The third-order valence-electron chi connectivity index (χ3n) is 5.87. The number of halogens is 1. The number of nitrogens with zero attached hydrogens (tertiary/aromatic N) is 1. The van der Waals surface area contributed by atoms with Crippen LogP contribution in [0.3, 0.4) is 0 Å². The summed E-state index contributed by atoms with van der Waals surface area (Å²) < 4.78 is 13.1. The van der Waals surface area contributed by atoms with Crippen LogP contribution < -0.4 is 10.6 Å². The molecule has 7 nitrogen and oxygen atoms in total. The van der Waals surface area contributed by atoms with Crippen molar-refractivity contribution < 1.29 is 23.9 Å². The zero-order chi connectivity index (χ0) is 22.0. The quantitative estimate of drug-likeness (QED) is 0.668. The van der Waals surface area contributed by atoms with Crippen LogP contribution >= 0.6 is 0 Å². The van der Waals surface area contributed by atoms with Crippen LogP contribution in [-0.2, 0) is 20.8 Å². The fraction of sp³-hybridized carbons (Fsp3) is 0.348. The molecule has 4 rings (SSSR count). The highest BCUT2D eigenvalue weighted by molar-refractivity contribution is 5.97. The topological polar surface area (TPSA) is 98.7 Å². The van der Waals surface area contributed by atoms with Crippen LogP contribution in [0.5, 0.6) is 0 Å². The van der Waals surface area contributed by atoms with Gasteiger partial charge in [0.2, 0.25) is 11.8 Å². The number of benzene rings is 2. The van der Waals surface area contributed by atoms with Gasteiger partial charge in [-0.25, -0.2) is 4.39 Å². The van der Waals surface area contributed by atoms with Gasteiger partial charge >= 0.3 is 0 Å². The number of carbonyl (C=O) groups is 3. The predicted molar refractivity (Wildman–Crippen MR) is 110 cm³/mol. The van der Waals surface area contributed by atoms with Crippen LogP contribution in [0.25, 0.3) is 0 Å². The van der Waals surface area contributed by atoms with Crippen LogP contribution in [0, 0.1) is 5.82 Å². The summed E-state index contributed by atoms with van der Waals surface area (Å²) in [6.07, 6.45) is -0.224. The van der Waals surface area contributed by atoms with E-state index in [2.05, 4.69) is 10.6 Å². The Morgan fingerprint density at radius 3 is 2.58 bits per heavy atom. The average Bonchev–Trinajstić information content (AvgIpc) is 2.79. The Hall–Kier alpha value is -3.26. The maximum Gasteiger partial charge on any atom is 0.253 e. The zero-order valence-electron chi connectivity index (χ0n) is 16.8. The number of nitrogens with one attached hydrogen (secondary N) is 2. The number of rotatable bonds is 5. The highest BCUT2D eigenvalue weighted by Crippen LogP contribution is 2.24. The van der Waals surface area contributed by atoms with Crippen molar-refractivity contribution in [1.29, 1.82) is 0 Å². The van der Waals surface area contributed by atoms with Gasteiger partial charge in [-0.1, -0.05) is 42.5 Å². The molecule has 0 spiro atoms. The highest BCUT2D eigenvalue weighted by atomic mass is 19.1. The molecule has 2 aliphatic heterocycles. The monoisotopic (exact) mass is 425 g/mol. The molecule has 2 aromatic carbocycles. The van der Waals surface area contributed by atoms with Gasteiger partial charge in [0.25, 0.3) is 5.91 Å².